The Labute approximate surface area is 114 Å². The molecule has 0 N–H and O–H groups in total. The molecule has 0 aromatic heterocycles. The molecular formula is C15H25NOS. The number of rotatable bonds is 7. The molecule has 18 heavy (non-hydrogen) atoms. The van der Waals surface area contributed by atoms with Crippen molar-refractivity contribution in [1.82, 2.24) is 4.90 Å². The topological polar surface area (TPSA) is 20.3 Å². The van der Waals surface area contributed by atoms with E-state index in [-0.39, 0.29) is 0 Å². The van der Waals surface area contributed by atoms with Crippen molar-refractivity contribution in [3.63, 3.8) is 0 Å². The highest BCUT2D eigenvalue weighted by molar-refractivity contribution is 7.84. The van der Waals surface area contributed by atoms with E-state index in [9.17, 15) is 4.21 Å². The monoisotopic (exact) mass is 267 g/mol. The molecule has 2 nitrogen and oxygen atoms in total. The lowest BCUT2D eigenvalue weighted by molar-refractivity contribution is 0.267. The second-order valence-corrected chi connectivity index (χ2v) is 6.65. The van der Waals surface area contributed by atoms with E-state index in [1.54, 1.807) is 6.26 Å². The van der Waals surface area contributed by atoms with Crippen LogP contribution in [0.15, 0.2) is 30.3 Å². The standard InChI is InChI=1S/C15H25NOS/c1-13(15-8-6-5-7-9-15)10-11-16(3)14(2)12-18(4)17/h5-9,13-14H,10-12H2,1-4H3. The van der Waals surface area contributed by atoms with Crippen molar-refractivity contribution in [2.24, 2.45) is 0 Å². The minimum absolute atomic E-state index is 0.388. The van der Waals surface area contributed by atoms with Crippen LogP contribution in [0, 0.1) is 0 Å². The lowest BCUT2D eigenvalue weighted by Gasteiger charge is -2.25. The Balaban J connectivity index is 2.38. The third-order valence-corrected chi connectivity index (χ3v) is 4.46. The molecule has 0 aliphatic rings. The molecule has 0 bridgehead atoms. The van der Waals surface area contributed by atoms with Crippen molar-refractivity contribution in [1.29, 1.82) is 0 Å². The Morgan fingerprint density at radius 2 is 1.83 bits per heavy atom. The Kier molecular flexibility index (Phi) is 6.58. The molecular weight excluding hydrogens is 242 g/mol. The van der Waals surface area contributed by atoms with Crippen LogP contribution >= 0.6 is 0 Å². The molecule has 102 valence electrons. The van der Waals surface area contributed by atoms with Crippen molar-refractivity contribution >= 4 is 10.8 Å². The number of benzene rings is 1. The van der Waals surface area contributed by atoms with E-state index in [0.717, 1.165) is 18.7 Å². The zero-order valence-corrected chi connectivity index (χ0v) is 12.7. The van der Waals surface area contributed by atoms with E-state index < -0.39 is 10.8 Å². The first-order chi connectivity index (χ1) is 8.50. The molecule has 3 unspecified atom stereocenters. The summed E-state index contributed by atoms with van der Waals surface area (Å²) in [7, 11) is 1.41. The fourth-order valence-electron chi connectivity index (χ4n) is 2.03. The average molecular weight is 267 g/mol. The highest BCUT2D eigenvalue weighted by Gasteiger charge is 2.12. The summed E-state index contributed by atoms with van der Waals surface area (Å²) in [5.41, 5.74) is 1.40. The van der Waals surface area contributed by atoms with Crippen LogP contribution in [0.3, 0.4) is 0 Å². The molecule has 1 aromatic rings. The van der Waals surface area contributed by atoms with E-state index in [1.807, 2.05) is 0 Å². The molecule has 1 rings (SSSR count). The van der Waals surface area contributed by atoms with Gasteiger partial charge in [-0.1, -0.05) is 37.3 Å². The molecule has 0 aliphatic carbocycles. The van der Waals surface area contributed by atoms with Crippen LogP contribution in [-0.4, -0.2) is 40.8 Å². The van der Waals surface area contributed by atoms with Crippen molar-refractivity contribution in [2.75, 3.05) is 25.6 Å². The summed E-state index contributed by atoms with van der Waals surface area (Å²) < 4.78 is 11.2. The van der Waals surface area contributed by atoms with Gasteiger partial charge in [0.1, 0.15) is 0 Å². The predicted octanol–water partition coefficient (Wildman–Crippen LogP) is 2.88. The maximum atomic E-state index is 11.2. The molecule has 0 spiro atoms. The largest absolute Gasteiger partial charge is 0.303 e. The summed E-state index contributed by atoms with van der Waals surface area (Å²) in [5.74, 6) is 1.34. The van der Waals surface area contributed by atoms with Gasteiger partial charge in [-0.15, -0.1) is 0 Å². The third-order valence-electron chi connectivity index (χ3n) is 3.51. The smallest absolute Gasteiger partial charge is 0.0385 e. The van der Waals surface area contributed by atoms with Crippen LogP contribution in [0.25, 0.3) is 0 Å². The van der Waals surface area contributed by atoms with Gasteiger partial charge in [0, 0.05) is 28.9 Å². The van der Waals surface area contributed by atoms with Gasteiger partial charge < -0.3 is 4.90 Å². The quantitative estimate of drug-likeness (QED) is 0.757. The summed E-state index contributed by atoms with van der Waals surface area (Å²) in [5, 5.41) is 0. The van der Waals surface area contributed by atoms with Gasteiger partial charge in [-0.2, -0.15) is 0 Å². The maximum absolute atomic E-state index is 11.2. The summed E-state index contributed by atoms with van der Waals surface area (Å²) in [4.78, 5) is 2.31. The molecule has 0 aliphatic heterocycles. The first-order valence-electron chi connectivity index (χ1n) is 6.56. The van der Waals surface area contributed by atoms with Gasteiger partial charge in [0.05, 0.1) is 0 Å². The van der Waals surface area contributed by atoms with Gasteiger partial charge in [0.2, 0.25) is 0 Å². The second-order valence-electron chi connectivity index (χ2n) is 5.17. The summed E-state index contributed by atoms with van der Waals surface area (Å²) in [6.07, 6.45) is 2.91. The van der Waals surface area contributed by atoms with Crippen molar-refractivity contribution in [3.05, 3.63) is 35.9 Å². The van der Waals surface area contributed by atoms with Crippen molar-refractivity contribution < 1.29 is 4.21 Å². The van der Waals surface area contributed by atoms with Gasteiger partial charge in [0.15, 0.2) is 0 Å². The van der Waals surface area contributed by atoms with Gasteiger partial charge in [-0.3, -0.25) is 4.21 Å². The van der Waals surface area contributed by atoms with Crippen LogP contribution in [-0.2, 0) is 10.8 Å². The zero-order valence-electron chi connectivity index (χ0n) is 11.9. The van der Waals surface area contributed by atoms with E-state index in [0.29, 0.717) is 12.0 Å². The van der Waals surface area contributed by atoms with Gasteiger partial charge >= 0.3 is 0 Å². The molecule has 0 saturated carbocycles. The van der Waals surface area contributed by atoms with Gasteiger partial charge in [-0.05, 0) is 38.4 Å². The lowest BCUT2D eigenvalue weighted by atomic mass is 9.97. The summed E-state index contributed by atoms with van der Waals surface area (Å²) in [6.45, 7) is 5.47. The highest BCUT2D eigenvalue weighted by atomic mass is 32.2. The van der Waals surface area contributed by atoms with Crippen LogP contribution in [0.1, 0.15) is 31.7 Å². The second kappa shape index (κ2) is 7.70. The maximum Gasteiger partial charge on any atom is 0.0385 e. The fourth-order valence-corrected chi connectivity index (χ4v) is 2.97. The Morgan fingerprint density at radius 1 is 1.22 bits per heavy atom. The normalized spacial score (nSPS) is 16.5. The van der Waals surface area contributed by atoms with Gasteiger partial charge in [0.25, 0.3) is 0 Å². The molecule has 3 atom stereocenters. The van der Waals surface area contributed by atoms with Crippen LogP contribution in [0.4, 0.5) is 0 Å². The molecule has 3 heteroatoms. The third kappa shape index (κ3) is 5.32. The van der Waals surface area contributed by atoms with Crippen molar-refractivity contribution in [2.45, 2.75) is 32.2 Å². The van der Waals surface area contributed by atoms with Crippen molar-refractivity contribution in [3.8, 4) is 0 Å². The lowest BCUT2D eigenvalue weighted by Crippen LogP contribution is -2.34. The average Bonchev–Trinajstić information content (AvgIpc) is 2.35. The van der Waals surface area contributed by atoms with E-state index in [1.165, 1.54) is 5.56 Å². The summed E-state index contributed by atoms with van der Waals surface area (Å²) >= 11 is 0. The molecule has 0 saturated heterocycles. The molecule has 0 heterocycles. The summed E-state index contributed by atoms with van der Waals surface area (Å²) in [6, 6.07) is 11.0. The van der Waals surface area contributed by atoms with Gasteiger partial charge in [-0.25, -0.2) is 0 Å². The van der Waals surface area contributed by atoms with Crippen LogP contribution < -0.4 is 0 Å². The predicted molar refractivity (Wildman–Crippen MR) is 80.5 cm³/mol. The number of hydrogen-bond donors (Lipinski definition) is 0. The fraction of sp³-hybridized carbons (Fsp3) is 0.600. The Bertz CT molecular complexity index is 366. The number of hydrogen-bond acceptors (Lipinski definition) is 2. The first-order valence-corrected chi connectivity index (χ1v) is 8.28. The minimum atomic E-state index is -0.708. The van der Waals surface area contributed by atoms with Crippen LogP contribution in [0.2, 0.25) is 0 Å². The van der Waals surface area contributed by atoms with E-state index in [2.05, 4.69) is 56.1 Å². The molecule has 1 aromatic carbocycles. The van der Waals surface area contributed by atoms with Crippen LogP contribution in [0.5, 0.6) is 0 Å². The first kappa shape index (κ1) is 15.4. The zero-order chi connectivity index (χ0) is 13.5. The minimum Gasteiger partial charge on any atom is -0.303 e. The van der Waals surface area contributed by atoms with E-state index in [4.69, 9.17) is 0 Å². The van der Waals surface area contributed by atoms with E-state index >= 15 is 0 Å². The molecule has 0 radical (unpaired) electrons. The SMILES string of the molecule is CC(CCN(C)C(C)CS(C)=O)c1ccccc1. The molecule has 0 fully saturated rings. The highest BCUT2D eigenvalue weighted by Crippen LogP contribution is 2.18. The Hall–Kier alpha value is -0.670. The molecule has 0 amide bonds. The Morgan fingerprint density at radius 3 is 2.39 bits per heavy atom. The number of nitrogens with zero attached hydrogens (tertiary/aromatic N) is 1.